The molecule has 6 rings (SSSR count). The van der Waals surface area contributed by atoms with Crippen molar-refractivity contribution >= 4 is 27.4 Å². The summed E-state index contributed by atoms with van der Waals surface area (Å²) in [7, 11) is 0. The topological polar surface area (TPSA) is 64.2 Å². The molecule has 4 heteroatoms. The second-order valence-corrected chi connectivity index (χ2v) is 10.7. The van der Waals surface area contributed by atoms with Gasteiger partial charge in [-0.2, -0.15) is 0 Å². The molecule has 0 bridgehead atoms. The van der Waals surface area contributed by atoms with Crippen molar-refractivity contribution in [3.05, 3.63) is 132 Å². The van der Waals surface area contributed by atoms with Gasteiger partial charge in [-0.3, -0.25) is 0 Å². The summed E-state index contributed by atoms with van der Waals surface area (Å²) in [6.07, 6.45) is 4.90. The zero-order chi connectivity index (χ0) is 29.2. The Kier molecular flexibility index (Phi) is 7.37. The zero-order valence-corrected chi connectivity index (χ0v) is 24.5. The molecule has 0 spiro atoms. The van der Waals surface area contributed by atoms with E-state index < -0.39 is 0 Å². The lowest BCUT2D eigenvalue weighted by Crippen LogP contribution is -2.13. The van der Waals surface area contributed by atoms with Crippen LogP contribution < -0.4 is 5.73 Å². The lowest BCUT2D eigenvalue weighted by Gasteiger charge is -2.18. The van der Waals surface area contributed by atoms with Gasteiger partial charge < -0.3 is 5.73 Å². The van der Waals surface area contributed by atoms with Crippen molar-refractivity contribution in [3.63, 3.8) is 0 Å². The third-order valence-electron chi connectivity index (χ3n) is 7.85. The summed E-state index contributed by atoms with van der Waals surface area (Å²) in [6.45, 7) is 8.14. The number of allylic oxidation sites excluding steroid dienone is 2. The Balaban J connectivity index is 1.49. The molecule has 0 saturated heterocycles. The fraction of sp³-hybridized carbons (Fsp3) is 0.132. The van der Waals surface area contributed by atoms with E-state index in [4.69, 9.17) is 10.7 Å². The van der Waals surface area contributed by atoms with Gasteiger partial charge in [0, 0.05) is 28.7 Å². The molecular formula is C38H34N4. The quantitative estimate of drug-likeness (QED) is 0.129. The van der Waals surface area contributed by atoms with Crippen LogP contribution in [0.15, 0.2) is 120 Å². The van der Waals surface area contributed by atoms with Gasteiger partial charge in [0.25, 0.3) is 0 Å². The van der Waals surface area contributed by atoms with Crippen LogP contribution >= 0.6 is 0 Å². The summed E-state index contributed by atoms with van der Waals surface area (Å²) in [4.78, 5) is 13.8. The first-order valence-corrected chi connectivity index (χ1v) is 14.4. The molecule has 4 nitrogen and oxygen atoms in total. The molecule has 206 valence electrons. The Morgan fingerprint density at radius 1 is 0.714 bits per heavy atom. The maximum Gasteiger partial charge on any atom is 0.159 e. The Labute approximate surface area is 247 Å². The van der Waals surface area contributed by atoms with Gasteiger partial charge >= 0.3 is 0 Å². The Hall–Kier alpha value is -5.09. The van der Waals surface area contributed by atoms with Crippen LogP contribution in [-0.2, 0) is 0 Å². The lowest BCUT2D eigenvalue weighted by molar-refractivity contribution is 1.07. The number of aryl methyl sites for hydroxylation is 2. The third-order valence-corrected chi connectivity index (χ3v) is 7.85. The number of aromatic nitrogens is 2. The van der Waals surface area contributed by atoms with Crippen LogP contribution in [0.2, 0.25) is 0 Å². The molecule has 0 aliphatic rings. The van der Waals surface area contributed by atoms with Crippen molar-refractivity contribution in [2.45, 2.75) is 34.1 Å². The molecule has 0 radical (unpaired) electrons. The van der Waals surface area contributed by atoms with Gasteiger partial charge in [0.15, 0.2) is 5.82 Å². The molecule has 1 aromatic heterocycles. The van der Waals surface area contributed by atoms with Gasteiger partial charge in [-0.15, -0.1) is 0 Å². The van der Waals surface area contributed by atoms with Gasteiger partial charge in [0.05, 0.1) is 0 Å². The summed E-state index contributed by atoms with van der Waals surface area (Å²) >= 11 is 0. The Bertz CT molecular complexity index is 1920. The van der Waals surface area contributed by atoms with Crippen molar-refractivity contribution in [1.82, 2.24) is 9.97 Å². The van der Waals surface area contributed by atoms with E-state index in [9.17, 15) is 0 Å². The van der Waals surface area contributed by atoms with Crippen LogP contribution in [0.4, 0.5) is 0 Å². The van der Waals surface area contributed by atoms with Crippen LogP contribution in [0, 0.1) is 13.8 Å². The van der Waals surface area contributed by atoms with Gasteiger partial charge in [0.2, 0.25) is 0 Å². The number of hydrogen-bond acceptors (Lipinski definition) is 3. The van der Waals surface area contributed by atoms with Crippen molar-refractivity contribution in [3.8, 4) is 33.6 Å². The van der Waals surface area contributed by atoms with Crippen molar-refractivity contribution in [2.75, 3.05) is 0 Å². The predicted octanol–water partition coefficient (Wildman–Crippen LogP) is 9.42. The highest BCUT2D eigenvalue weighted by Gasteiger charge is 2.17. The van der Waals surface area contributed by atoms with Gasteiger partial charge in [-0.05, 0) is 76.6 Å². The van der Waals surface area contributed by atoms with E-state index in [0.717, 1.165) is 51.5 Å². The lowest BCUT2D eigenvalue weighted by atomic mass is 9.85. The largest absolute Gasteiger partial charge is 0.383 e. The molecule has 6 aromatic rings. The summed E-state index contributed by atoms with van der Waals surface area (Å²) in [6, 6.07) is 34.4. The number of fused-ring (bicyclic) bond motifs is 2. The molecule has 0 unspecified atom stereocenters. The highest BCUT2D eigenvalue weighted by atomic mass is 14.9. The SMILES string of the molecule is CC/C=C(/C)N=C(N)c1ccc(-c2c3ccccc3c(-c3ccc(-c4ncc(C)c(C)n4)cc3)c3ccccc23)cc1. The minimum Gasteiger partial charge on any atom is -0.383 e. The number of hydrogen-bond donors (Lipinski definition) is 1. The van der Waals surface area contributed by atoms with Crippen LogP contribution in [0.3, 0.4) is 0 Å². The molecular weight excluding hydrogens is 512 g/mol. The number of rotatable bonds is 6. The van der Waals surface area contributed by atoms with Crippen molar-refractivity contribution in [2.24, 2.45) is 10.7 Å². The average Bonchev–Trinajstić information content (AvgIpc) is 3.01. The van der Waals surface area contributed by atoms with Crippen LogP contribution in [0.5, 0.6) is 0 Å². The van der Waals surface area contributed by atoms with E-state index in [2.05, 4.69) is 120 Å². The first-order chi connectivity index (χ1) is 20.4. The molecule has 2 N–H and O–H groups in total. The molecule has 0 aliphatic carbocycles. The van der Waals surface area contributed by atoms with Gasteiger partial charge in [-0.1, -0.05) is 110 Å². The average molecular weight is 547 g/mol. The molecule has 0 aliphatic heterocycles. The van der Waals surface area contributed by atoms with Crippen LogP contribution in [-0.4, -0.2) is 15.8 Å². The first-order valence-electron chi connectivity index (χ1n) is 14.4. The third kappa shape index (κ3) is 5.08. The Morgan fingerprint density at radius 3 is 1.67 bits per heavy atom. The molecule has 0 fully saturated rings. The molecule has 42 heavy (non-hydrogen) atoms. The Morgan fingerprint density at radius 2 is 1.19 bits per heavy atom. The highest BCUT2D eigenvalue weighted by molar-refractivity contribution is 6.21. The maximum atomic E-state index is 6.34. The fourth-order valence-corrected chi connectivity index (χ4v) is 5.61. The maximum absolute atomic E-state index is 6.34. The molecule has 0 atom stereocenters. The van der Waals surface area contributed by atoms with Gasteiger partial charge in [-0.25, -0.2) is 15.0 Å². The number of amidine groups is 1. The van der Waals surface area contributed by atoms with Crippen LogP contribution in [0.1, 0.15) is 37.1 Å². The summed E-state index contributed by atoms with van der Waals surface area (Å²) in [5.41, 5.74) is 16.1. The molecule has 5 aromatic carbocycles. The second kappa shape index (κ2) is 11.4. The van der Waals surface area contributed by atoms with E-state index in [1.165, 1.54) is 32.7 Å². The monoisotopic (exact) mass is 546 g/mol. The van der Waals surface area contributed by atoms with E-state index in [0.29, 0.717) is 5.84 Å². The standard InChI is InChI=1S/C38H34N4/c1-5-10-25(3)41-37(39)29-19-15-27(16-20-29)35-31-11-6-8-13-33(31)36(34-14-9-7-12-32(34)35)28-17-21-30(22-18-28)38-40-23-24(2)26(4)42-38/h6-23H,5H2,1-4H3,(H2,39,41)/b25-10-. The minimum absolute atomic E-state index is 0.531. The number of nitrogens with two attached hydrogens (primary N) is 1. The van der Waals surface area contributed by atoms with Gasteiger partial charge in [0.1, 0.15) is 5.84 Å². The zero-order valence-electron chi connectivity index (χ0n) is 24.5. The second-order valence-electron chi connectivity index (χ2n) is 10.7. The number of nitrogens with zero attached hydrogens (tertiary/aromatic N) is 3. The summed E-state index contributed by atoms with van der Waals surface area (Å²) < 4.78 is 0. The van der Waals surface area contributed by atoms with E-state index >= 15 is 0 Å². The summed E-state index contributed by atoms with van der Waals surface area (Å²) in [5, 5.41) is 4.85. The predicted molar refractivity (Wildman–Crippen MR) is 178 cm³/mol. The minimum atomic E-state index is 0.531. The molecule has 0 amide bonds. The number of aliphatic imine (C=N–C) groups is 1. The van der Waals surface area contributed by atoms with E-state index in [1.807, 2.05) is 27.0 Å². The van der Waals surface area contributed by atoms with E-state index in [1.54, 1.807) is 0 Å². The first kappa shape index (κ1) is 27.1. The van der Waals surface area contributed by atoms with E-state index in [-0.39, 0.29) is 0 Å². The fourth-order valence-electron chi connectivity index (χ4n) is 5.61. The normalized spacial score (nSPS) is 12.3. The number of benzene rings is 5. The van der Waals surface area contributed by atoms with Crippen LogP contribution in [0.25, 0.3) is 55.2 Å². The van der Waals surface area contributed by atoms with Crippen molar-refractivity contribution < 1.29 is 0 Å². The van der Waals surface area contributed by atoms with Crippen molar-refractivity contribution in [1.29, 1.82) is 0 Å². The molecule has 0 saturated carbocycles. The highest BCUT2D eigenvalue weighted by Crippen LogP contribution is 2.43. The smallest absolute Gasteiger partial charge is 0.159 e. The molecule has 1 heterocycles. The summed E-state index contributed by atoms with van der Waals surface area (Å²) in [5.74, 6) is 1.28.